The predicted molar refractivity (Wildman–Crippen MR) is 43.7 cm³/mol. The third kappa shape index (κ3) is 1.71. The van der Waals surface area contributed by atoms with E-state index in [1.807, 2.05) is 0 Å². The smallest absolute Gasteiger partial charge is 0.253 e. The van der Waals surface area contributed by atoms with Crippen molar-refractivity contribution >= 4 is 17.5 Å². The summed E-state index contributed by atoms with van der Waals surface area (Å²) < 4.78 is 0. The monoisotopic (exact) mass is 168 g/mol. The Hall–Kier alpha value is -1.02. The molecule has 2 nitrogen and oxygen atoms in total. The summed E-state index contributed by atoms with van der Waals surface area (Å²) in [4.78, 5) is 11.0. The highest BCUT2D eigenvalue weighted by molar-refractivity contribution is 6.33. The van der Waals surface area contributed by atoms with Crippen molar-refractivity contribution in [3.63, 3.8) is 0 Å². The van der Waals surface area contributed by atoms with Crippen molar-refractivity contribution in [3.8, 4) is 0 Å². The summed E-state index contributed by atoms with van der Waals surface area (Å²) in [5.41, 5.74) is 0.386. The normalized spacial score (nSPS) is 9.27. The molecule has 1 aromatic rings. The number of amides is 1. The van der Waals surface area contributed by atoms with Gasteiger partial charge in [0.15, 0.2) is 0 Å². The number of hydrogen-bond acceptors (Lipinski definition) is 1. The number of carbonyl (C=O) groups is 1. The second kappa shape index (κ2) is 3.39. The van der Waals surface area contributed by atoms with Gasteiger partial charge in [0.05, 0.1) is 10.6 Å². The van der Waals surface area contributed by atoms with E-state index in [0.29, 0.717) is 10.6 Å². The molecule has 0 heterocycles. The molecule has 3 heteroatoms. The average Bonchev–Trinajstić information content (AvgIpc) is 2.04. The maximum absolute atomic E-state index is 11.0. The minimum atomic E-state index is -0.212. The van der Waals surface area contributed by atoms with E-state index >= 15 is 0 Å². The van der Waals surface area contributed by atoms with E-state index in [4.69, 9.17) is 11.6 Å². The van der Waals surface area contributed by atoms with Crippen LogP contribution in [0.1, 0.15) is 10.4 Å². The molecule has 1 aromatic carbocycles. The van der Waals surface area contributed by atoms with Crippen molar-refractivity contribution in [3.05, 3.63) is 34.9 Å². The van der Waals surface area contributed by atoms with Gasteiger partial charge in [-0.1, -0.05) is 23.7 Å². The van der Waals surface area contributed by atoms with Crippen molar-refractivity contribution in [2.75, 3.05) is 7.05 Å². The van der Waals surface area contributed by atoms with Crippen LogP contribution in [0.5, 0.6) is 0 Å². The minimum absolute atomic E-state index is 0.212. The van der Waals surface area contributed by atoms with Crippen molar-refractivity contribution in [1.29, 1.82) is 0 Å². The Morgan fingerprint density at radius 2 is 2.45 bits per heavy atom. The van der Waals surface area contributed by atoms with Crippen LogP contribution in [0.2, 0.25) is 5.02 Å². The van der Waals surface area contributed by atoms with Crippen LogP contribution >= 0.6 is 11.6 Å². The lowest BCUT2D eigenvalue weighted by Gasteiger charge is -1.99. The van der Waals surface area contributed by atoms with Gasteiger partial charge >= 0.3 is 0 Å². The molecule has 0 fully saturated rings. The number of carbonyl (C=O) groups excluding carboxylic acids is 1. The molecule has 0 bridgehead atoms. The van der Waals surface area contributed by atoms with E-state index < -0.39 is 0 Å². The SMILES string of the molecule is CNC(=O)c1[c]cccc1Cl. The third-order valence-electron chi connectivity index (χ3n) is 1.26. The summed E-state index contributed by atoms with van der Waals surface area (Å²) in [5.74, 6) is -0.212. The van der Waals surface area contributed by atoms with Crippen LogP contribution in [0.15, 0.2) is 18.2 Å². The molecular formula is C8H7ClNO. The zero-order valence-corrected chi connectivity index (χ0v) is 6.77. The topological polar surface area (TPSA) is 29.1 Å². The first-order chi connectivity index (χ1) is 5.25. The quantitative estimate of drug-likeness (QED) is 0.677. The first kappa shape index (κ1) is 8.08. The number of nitrogens with one attached hydrogen (secondary N) is 1. The maximum Gasteiger partial charge on any atom is 0.253 e. The highest BCUT2D eigenvalue weighted by atomic mass is 35.5. The van der Waals surface area contributed by atoms with Gasteiger partial charge in [0, 0.05) is 7.05 Å². The molecule has 0 unspecified atom stereocenters. The Bertz CT molecular complexity index is 273. The van der Waals surface area contributed by atoms with Crippen LogP contribution in [-0.4, -0.2) is 13.0 Å². The van der Waals surface area contributed by atoms with Gasteiger partial charge in [-0.2, -0.15) is 0 Å². The third-order valence-corrected chi connectivity index (χ3v) is 1.57. The molecular weight excluding hydrogens is 162 g/mol. The number of halogens is 1. The lowest BCUT2D eigenvalue weighted by molar-refractivity contribution is 0.0963. The summed E-state index contributed by atoms with van der Waals surface area (Å²) in [6.45, 7) is 0. The fraction of sp³-hybridized carbons (Fsp3) is 0.125. The average molecular weight is 169 g/mol. The van der Waals surface area contributed by atoms with Crippen LogP contribution in [-0.2, 0) is 0 Å². The molecule has 11 heavy (non-hydrogen) atoms. The van der Waals surface area contributed by atoms with E-state index in [1.165, 1.54) is 0 Å². The second-order valence-electron chi connectivity index (χ2n) is 1.97. The lowest BCUT2D eigenvalue weighted by Crippen LogP contribution is -2.18. The molecule has 1 radical (unpaired) electrons. The summed E-state index contributed by atoms with van der Waals surface area (Å²) in [6, 6.07) is 7.78. The van der Waals surface area contributed by atoms with Gasteiger partial charge in [-0.3, -0.25) is 4.79 Å². The van der Waals surface area contributed by atoms with E-state index in [1.54, 1.807) is 25.2 Å². The van der Waals surface area contributed by atoms with E-state index in [2.05, 4.69) is 11.4 Å². The standard InChI is InChI=1S/C8H7ClNO/c1-10-8(11)6-4-2-3-5-7(6)9/h2-3,5H,1H3,(H,10,11). The van der Waals surface area contributed by atoms with E-state index in [-0.39, 0.29) is 5.91 Å². The molecule has 0 atom stereocenters. The highest BCUT2D eigenvalue weighted by Crippen LogP contribution is 2.13. The van der Waals surface area contributed by atoms with E-state index in [9.17, 15) is 4.79 Å². The van der Waals surface area contributed by atoms with Gasteiger partial charge in [0.1, 0.15) is 0 Å². The van der Waals surface area contributed by atoms with Crippen molar-refractivity contribution < 1.29 is 4.79 Å². The molecule has 0 saturated heterocycles. The van der Waals surface area contributed by atoms with Crippen molar-refractivity contribution in [1.82, 2.24) is 5.32 Å². The predicted octanol–water partition coefficient (Wildman–Crippen LogP) is 1.50. The zero-order chi connectivity index (χ0) is 8.27. The number of benzene rings is 1. The van der Waals surface area contributed by atoms with Crippen LogP contribution in [0.3, 0.4) is 0 Å². The fourth-order valence-electron chi connectivity index (χ4n) is 0.715. The Balaban J connectivity index is 3.03. The first-order valence-corrected chi connectivity index (χ1v) is 3.52. The van der Waals surface area contributed by atoms with Crippen LogP contribution in [0, 0.1) is 6.07 Å². The molecule has 1 amide bonds. The zero-order valence-electron chi connectivity index (χ0n) is 6.02. The Labute approximate surface area is 70.2 Å². The second-order valence-corrected chi connectivity index (χ2v) is 2.38. The summed E-state index contributed by atoms with van der Waals surface area (Å²) in [5, 5.41) is 2.89. The fourth-order valence-corrected chi connectivity index (χ4v) is 0.928. The summed E-state index contributed by atoms with van der Waals surface area (Å²) in [7, 11) is 1.56. The molecule has 1 rings (SSSR count). The van der Waals surface area contributed by atoms with Gasteiger partial charge in [-0.25, -0.2) is 0 Å². The molecule has 0 saturated carbocycles. The van der Waals surface area contributed by atoms with Crippen LogP contribution in [0.4, 0.5) is 0 Å². The lowest BCUT2D eigenvalue weighted by atomic mass is 10.2. The van der Waals surface area contributed by atoms with Gasteiger partial charge < -0.3 is 5.32 Å². The van der Waals surface area contributed by atoms with Crippen LogP contribution in [0.25, 0.3) is 0 Å². The van der Waals surface area contributed by atoms with Crippen molar-refractivity contribution in [2.45, 2.75) is 0 Å². The number of rotatable bonds is 1. The largest absolute Gasteiger partial charge is 0.355 e. The molecule has 0 spiro atoms. The molecule has 0 aromatic heterocycles. The van der Waals surface area contributed by atoms with Gasteiger partial charge in [-0.15, -0.1) is 0 Å². The Kier molecular flexibility index (Phi) is 2.49. The molecule has 57 valence electrons. The summed E-state index contributed by atoms with van der Waals surface area (Å²) in [6.07, 6.45) is 0. The Morgan fingerprint density at radius 3 is 3.00 bits per heavy atom. The summed E-state index contributed by atoms with van der Waals surface area (Å²) >= 11 is 5.71. The molecule has 0 aliphatic heterocycles. The molecule has 0 aliphatic rings. The van der Waals surface area contributed by atoms with Gasteiger partial charge in [0.25, 0.3) is 5.91 Å². The Morgan fingerprint density at radius 1 is 1.73 bits per heavy atom. The van der Waals surface area contributed by atoms with E-state index in [0.717, 1.165) is 0 Å². The number of hydrogen-bond donors (Lipinski definition) is 1. The minimum Gasteiger partial charge on any atom is -0.355 e. The van der Waals surface area contributed by atoms with Crippen LogP contribution < -0.4 is 5.32 Å². The van der Waals surface area contributed by atoms with Gasteiger partial charge in [-0.05, 0) is 12.1 Å². The van der Waals surface area contributed by atoms with Gasteiger partial charge in [0.2, 0.25) is 0 Å². The highest BCUT2D eigenvalue weighted by Gasteiger charge is 2.05. The maximum atomic E-state index is 11.0. The first-order valence-electron chi connectivity index (χ1n) is 3.14. The molecule has 0 aliphatic carbocycles. The van der Waals surface area contributed by atoms with Crippen molar-refractivity contribution in [2.24, 2.45) is 0 Å². The molecule has 1 N–H and O–H groups in total.